The summed E-state index contributed by atoms with van der Waals surface area (Å²) in [5, 5.41) is 0. The molecule has 19 heavy (non-hydrogen) atoms. The van der Waals surface area contributed by atoms with Crippen molar-refractivity contribution < 1.29 is 22.4 Å². The maximum atomic E-state index is 13.2. The average molecular weight is 337 g/mol. The molecule has 0 fully saturated rings. The number of H-pyrrole nitrogens is 1. The van der Waals surface area contributed by atoms with E-state index < -0.39 is 17.6 Å². The highest BCUT2D eigenvalue weighted by Crippen LogP contribution is 2.34. The Morgan fingerprint density at radius 3 is 2.47 bits per heavy atom. The van der Waals surface area contributed by atoms with Crippen molar-refractivity contribution in [1.82, 2.24) is 9.97 Å². The Labute approximate surface area is 112 Å². The first-order chi connectivity index (χ1) is 8.81. The minimum atomic E-state index is -4.66. The molecule has 0 aliphatic rings. The first-order valence-corrected chi connectivity index (χ1v) is 5.69. The number of hydrogen-bond donors (Lipinski definition) is 1. The molecule has 2 aromatic rings. The Balaban J connectivity index is 2.59. The number of aromatic nitrogens is 2. The van der Waals surface area contributed by atoms with Crippen LogP contribution in [0.3, 0.4) is 0 Å². The number of carbonyl (C=O) groups is 1. The van der Waals surface area contributed by atoms with E-state index in [0.29, 0.717) is 12.4 Å². The summed E-state index contributed by atoms with van der Waals surface area (Å²) >= 11 is 3.01. The van der Waals surface area contributed by atoms with Gasteiger partial charge in [0.2, 0.25) is 0 Å². The van der Waals surface area contributed by atoms with Gasteiger partial charge in [-0.3, -0.25) is 4.79 Å². The standard InChI is InChI=1S/C11H5BrF4N2O/c12-10-9(17-8(4-19)18-10)5-1-6(11(14,15)16)3-7(13)2-5/h1-4H,(H,17,18). The van der Waals surface area contributed by atoms with Crippen molar-refractivity contribution in [1.29, 1.82) is 0 Å². The fourth-order valence-corrected chi connectivity index (χ4v) is 2.03. The molecular formula is C11H5BrF4N2O. The van der Waals surface area contributed by atoms with Crippen LogP contribution in [0.2, 0.25) is 0 Å². The van der Waals surface area contributed by atoms with Crippen LogP contribution in [0.1, 0.15) is 16.2 Å². The molecule has 1 aromatic carbocycles. The second-order valence-corrected chi connectivity index (χ2v) is 4.42. The second kappa shape index (κ2) is 4.76. The van der Waals surface area contributed by atoms with E-state index in [0.717, 1.165) is 12.1 Å². The lowest BCUT2D eigenvalue weighted by atomic mass is 10.1. The van der Waals surface area contributed by atoms with E-state index in [-0.39, 0.29) is 21.7 Å². The zero-order valence-electron chi connectivity index (χ0n) is 9.05. The highest BCUT2D eigenvalue weighted by atomic mass is 79.9. The molecule has 0 spiro atoms. The van der Waals surface area contributed by atoms with E-state index in [4.69, 9.17) is 0 Å². The lowest BCUT2D eigenvalue weighted by Gasteiger charge is -2.08. The summed E-state index contributed by atoms with van der Waals surface area (Å²) in [4.78, 5) is 16.8. The zero-order valence-corrected chi connectivity index (χ0v) is 10.6. The van der Waals surface area contributed by atoms with Crippen molar-refractivity contribution in [2.45, 2.75) is 6.18 Å². The van der Waals surface area contributed by atoms with Crippen LogP contribution in [0, 0.1) is 5.82 Å². The Hall–Kier alpha value is -1.70. The number of carbonyl (C=O) groups excluding carboxylic acids is 1. The fourth-order valence-electron chi connectivity index (χ4n) is 1.51. The summed E-state index contributed by atoms with van der Waals surface area (Å²) in [7, 11) is 0. The van der Waals surface area contributed by atoms with Crippen molar-refractivity contribution in [2.75, 3.05) is 0 Å². The smallest absolute Gasteiger partial charge is 0.330 e. The van der Waals surface area contributed by atoms with Gasteiger partial charge in [0.1, 0.15) is 16.1 Å². The van der Waals surface area contributed by atoms with Crippen molar-refractivity contribution in [3.63, 3.8) is 0 Å². The molecule has 0 aliphatic carbocycles. The summed E-state index contributed by atoms with van der Waals surface area (Å²) in [6.07, 6.45) is -4.26. The molecule has 1 heterocycles. The van der Waals surface area contributed by atoms with Gasteiger partial charge in [-0.1, -0.05) is 0 Å². The van der Waals surface area contributed by atoms with Crippen molar-refractivity contribution in [2.24, 2.45) is 0 Å². The zero-order chi connectivity index (χ0) is 14.2. The van der Waals surface area contributed by atoms with Crippen LogP contribution in [0.5, 0.6) is 0 Å². The van der Waals surface area contributed by atoms with Gasteiger partial charge in [0.15, 0.2) is 12.1 Å². The Morgan fingerprint density at radius 2 is 1.95 bits per heavy atom. The molecule has 3 nitrogen and oxygen atoms in total. The van der Waals surface area contributed by atoms with Crippen molar-refractivity contribution in [3.8, 4) is 11.3 Å². The highest BCUT2D eigenvalue weighted by molar-refractivity contribution is 9.10. The summed E-state index contributed by atoms with van der Waals surface area (Å²) in [6.45, 7) is 0. The minimum Gasteiger partial charge on any atom is -0.330 e. The number of benzene rings is 1. The number of aldehydes is 1. The van der Waals surface area contributed by atoms with E-state index in [1.54, 1.807) is 0 Å². The number of nitrogens with zero attached hydrogens (tertiary/aromatic N) is 1. The first-order valence-electron chi connectivity index (χ1n) is 4.90. The molecule has 1 aromatic heterocycles. The van der Waals surface area contributed by atoms with Gasteiger partial charge in [0.25, 0.3) is 0 Å². The van der Waals surface area contributed by atoms with Gasteiger partial charge in [-0.05, 0) is 34.1 Å². The largest absolute Gasteiger partial charge is 0.416 e. The lowest BCUT2D eigenvalue weighted by Crippen LogP contribution is -2.05. The summed E-state index contributed by atoms with van der Waals surface area (Å²) in [6, 6.07) is 2.06. The molecule has 100 valence electrons. The molecule has 0 atom stereocenters. The average Bonchev–Trinajstić information content (AvgIpc) is 2.68. The summed E-state index contributed by atoms with van der Waals surface area (Å²) in [5.74, 6) is -1.10. The van der Waals surface area contributed by atoms with E-state index in [1.165, 1.54) is 0 Å². The molecule has 0 radical (unpaired) electrons. The second-order valence-electron chi connectivity index (χ2n) is 3.63. The van der Waals surface area contributed by atoms with Crippen LogP contribution >= 0.6 is 15.9 Å². The van der Waals surface area contributed by atoms with Crippen molar-refractivity contribution >= 4 is 22.2 Å². The summed E-state index contributed by atoms with van der Waals surface area (Å²) in [5.41, 5.74) is -1.17. The molecule has 0 bridgehead atoms. The normalized spacial score (nSPS) is 11.6. The van der Waals surface area contributed by atoms with Gasteiger partial charge in [-0.2, -0.15) is 13.2 Å². The quantitative estimate of drug-likeness (QED) is 0.669. The molecule has 0 saturated heterocycles. The van der Waals surface area contributed by atoms with E-state index in [9.17, 15) is 22.4 Å². The summed E-state index contributed by atoms with van der Waals surface area (Å²) < 4.78 is 51.2. The van der Waals surface area contributed by atoms with Gasteiger partial charge in [-0.15, -0.1) is 0 Å². The number of halogens is 5. The Morgan fingerprint density at radius 1 is 1.26 bits per heavy atom. The maximum absolute atomic E-state index is 13.2. The fraction of sp³-hybridized carbons (Fsp3) is 0.0909. The third-order valence-electron chi connectivity index (χ3n) is 2.29. The number of hydrogen-bond acceptors (Lipinski definition) is 2. The SMILES string of the molecule is O=Cc1nc(-c2cc(F)cc(C(F)(F)F)c2)c(Br)[nH]1. The van der Waals surface area contributed by atoms with E-state index >= 15 is 0 Å². The van der Waals surface area contributed by atoms with Gasteiger partial charge in [-0.25, -0.2) is 9.37 Å². The van der Waals surface area contributed by atoms with Gasteiger partial charge in [0, 0.05) is 5.56 Å². The van der Waals surface area contributed by atoms with Crippen LogP contribution in [-0.2, 0) is 6.18 Å². The molecule has 0 aliphatic heterocycles. The molecular weight excluding hydrogens is 332 g/mol. The van der Waals surface area contributed by atoms with Crippen LogP contribution in [-0.4, -0.2) is 16.3 Å². The Kier molecular flexibility index (Phi) is 3.44. The predicted molar refractivity (Wildman–Crippen MR) is 62.1 cm³/mol. The highest BCUT2D eigenvalue weighted by Gasteiger charge is 2.31. The first kappa shape index (κ1) is 13.7. The van der Waals surface area contributed by atoms with E-state index in [2.05, 4.69) is 25.9 Å². The van der Waals surface area contributed by atoms with Crippen LogP contribution in [0.4, 0.5) is 17.6 Å². The number of nitrogens with one attached hydrogen (secondary N) is 1. The number of rotatable bonds is 2. The van der Waals surface area contributed by atoms with Gasteiger partial charge in [0.05, 0.1) is 5.56 Å². The molecule has 2 rings (SSSR count). The predicted octanol–water partition coefficient (Wildman–Crippen LogP) is 3.81. The number of imidazole rings is 1. The lowest BCUT2D eigenvalue weighted by molar-refractivity contribution is -0.137. The molecule has 1 N–H and O–H groups in total. The molecule has 0 amide bonds. The topological polar surface area (TPSA) is 45.8 Å². The van der Waals surface area contributed by atoms with Crippen LogP contribution in [0.25, 0.3) is 11.3 Å². The maximum Gasteiger partial charge on any atom is 0.416 e. The third kappa shape index (κ3) is 2.83. The molecule has 0 unspecified atom stereocenters. The minimum absolute atomic E-state index is 0.0344. The number of alkyl halides is 3. The van der Waals surface area contributed by atoms with E-state index in [1.807, 2.05) is 0 Å². The van der Waals surface area contributed by atoms with Gasteiger partial charge < -0.3 is 4.98 Å². The number of aromatic amines is 1. The van der Waals surface area contributed by atoms with Crippen LogP contribution in [0.15, 0.2) is 22.8 Å². The molecule has 0 saturated carbocycles. The van der Waals surface area contributed by atoms with Gasteiger partial charge >= 0.3 is 6.18 Å². The third-order valence-corrected chi connectivity index (χ3v) is 2.86. The Bertz CT molecular complexity index is 636. The van der Waals surface area contributed by atoms with Crippen molar-refractivity contribution in [3.05, 3.63) is 40.0 Å². The monoisotopic (exact) mass is 336 g/mol. The molecule has 8 heteroatoms. The van der Waals surface area contributed by atoms with Crippen LogP contribution < -0.4 is 0 Å².